The third kappa shape index (κ3) is 3.76. The number of carbonyl (C=O) groups excluding carboxylic acids is 2. The fourth-order valence-electron chi connectivity index (χ4n) is 3.78. The maximum atomic E-state index is 12.6. The standard InChI is InChI=1S/C20H26N6O2/c1-13-18(11-21-14(2)23-13)19(27)22-10-16-9-17-12-25(7-4-8-26(17)24-16)20(28)15-5-3-6-15/h9,11,15H,3-8,10,12H2,1-2H3,(H,22,27). The molecule has 2 amide bonds. The van der Waals surface area contributed by atoms with Gasteiger partial charge in [-0.15, -0.1) is 0 Å². The summed E-state index contributed by atoms with van der Waals surface area (Å²) in [5, 5.41) is 7.51. The zero-order valence-corrected chi connectivity index (χ0v) is 16.4. The molecule has 1 fully saturated rings. The Labute approximate surface area is 164 Å². The van der Waals surface area contributed by atoms with Crippen LogP contribution in [0, 0.1) is 19.8 Å². The number of hydrogen-bond acceptors (Lipinski definition) is 5. The molecule has 1 aliphatic carbocycles. The van der Waals surface area contributed by atoms with Crippen molar-refractivity contribution < 1.29 is 9.59 Å². The second-order valence-corrected chi connectivity index (χ2v) is 7.69. The number of aromatic nitrogens is 4. The lowest BCUT2D eigenvalue weighted by molar-refractivity contribution is -0.138. The Hall–Kier alpha value is -2.77. The van der Waals surface area contributed by atoms with E-state index in [4.69, 9.17) is 0 Å². The van der Waals surface area contributed by atoms with E-state index in [1.54, 1.807) is 20.0 Å². The van der Waals surface area contributed by atoms with Gasteiger partial charge in [-0.25, -0.2) is 9.97 Å². The monoisotopic (exact) mass is 382 g/mol. The van der Waals surface area contributed by atoms with Gasteiger partial charge >= 0.3 is 0 Å². The van der Waals surface area contributed by atoms with E-state index in [-0.39, 0.29) is 17.7 Å². The van der Waals surface area contributed by atoms with Gasteiger partial charge in [0.25, 0.3) is 5.91 Å². The van der Waals surface area contributed by atoms with Crippen molar-refractivity contribution in [1.29, 1.82) is 0 Å². The summed E-state index contributed by atoms with van der Waals surface area (Å²) < 4.78 is 1.97. The lowest BCUT2D eigenvalue weighted by atomic mass is 9.84. The lowest BCUT2D eigenvalue weighted by Gasteiger charge is -2.30. The van der Waals surface area contributed by atoms with Crippen molar-refractivity contribution >= 4 is 11.8 Å². The normalized spacial score (nSPS) is 16.9. The van der Waals surface area contributed by atoms with Gasteiger partial charge in [-0.2, -0.15) is 5.10 Å². The minimum atomic E-state index is -0.206. The van der Waals surface area contributed by atoms with Gasteiger partial charge in [-0.3, -0.25) is 14.3 Å². The highest BCUT2D eigenvalue weighted by atomic mass is 16.2. The van der Waals surface area contributed by atoms with E-state index in [1.165, 1.54) is 0 Å². The van der Waals surface area contributed by atoms with Crippen LogP contribution in [-0.4, -0.2) is 43.0 Å². The molecule has 4 rings (SSSR count). The number of rotatable bonds is 4. The number of carbonyl (C=O) groups is 2. The molecule has 0 unspecified atom stereocenters. The summed E-state index contributed by atoms with van der Waals surface area (Å²) in [6, 6.07) is 1.99. The molecule has 0 spiro atoms. The summed E-state index contributed by atoms with van der Waals surface area (Å²) in [7, 11) is 0. The molecule has 0 bridgehead atoms. The zero-order chi connectivity index (χ0) is 19.7. The van der Waals surface area contributed by atoms with E-state index < -0.39 is 0 Å². The van der Waals surface area contributed by atoms with E-state index in [2.05, 4.69) is 20.4 Å². The van der Waals surface area contributed by atoms with Gasteiger partial charge in [-0.05, 0) is 39.2 Å². The first-order valence-corrected chi connectivity index (χ1v) is 9.94. The quantitative estimate of drug-likeness (QED) is 0.870. The summed E-state index contributed by atoms with van der Waals surface area (Å²) in [6.07, 6.45) is 5.66. The minimum absolute atomic E-state index is 0.206. The zero-order valence-electron chi connectivity index (χ0n) is 16.4. The Morgan fingerprint density at radius 3 is 2.75 bits per heavy atom. The minimum Gasteiger partial charge on any atom is -0.346 e. The predicted molar refractivity (Wildman–Crippen MR) is 102 cm³/mol. The van der Waals surface area contributed by atoms with Crippen molar-refractivity contribution in [3.05, 3.63) is 40.7 Å². The molecular weight excluding hydrogens is 356 g/mol. The third-order valence-electron chi connectivity index (χ3n) is 5.61. The lowest BCUT2D eigenvalue weighted by Crippen LogP contribution is -2.38. The van der Waals surface area contributed by atoms with Gasteiger partial charge < -0.3 is 10.2 Å². The number of amides is 2. The maximum Gasteiger partial charge on any atom is 0.255 e. The second-order valence-electron chi connectivity index (χ2n) is 7.69. The third-order valence-corrected chi connectivity index (χ3v) is 5.61. The van der Waals surface area contributed by atoms with E-state index in [0.29, 0.717) is 30.2 Å². The summed E-state index contributed by atoms with van der Waals surface area (Å²) in [6.45, 7) is 6.12. The Morgan fingerprint density at radius 1 is 1.21 bits per heavy atom. The first-order valence-electron chi connectivity index (χ1n) is 9.94. The second kappa shape index (κ2) is 7.69. The average molecular weight is 382 g/mol. The highest BCUT2D eigenvalue weighted by Crippen LogP contribution is 2.29. The Morgan fingerprint density at radius 2 is 2.04 bits per heavy atom. The molecule has 0 atom stereocenters. The topological polar surface area (TPSA) is 93.0 Å². The maximum absolute atomic E-state index is 12.6. The molecule has 3 heterocycles. The van der Waals surface area contributed by atoms with Crippen LogP contribution in [0.4, 0.5) is 0 Å². The molecule has 1 N–H and O–H groups in total. The fourth-order valence-corrected chi connectivity index (χ4v) is 3.78. The molecular formula is C20H26N6O2. The number of aryl methyl sites for hydroxylation is 3. The van der Waals surface area contributed by atoms with Crippen molar-refractivity contribution in [2.45, 2.75) is 59.2 Å². The Bertz CT molecular complexity index is 902. The molecule has 0 radical (unpaired) electrons. The van der Waals surface area contributed by atoms with Crippen LogP contribution < -0.4 is 5.32 Å². The molecule has 8 nitrogen and oxygen atoms in total. The van der Waals surface area contributed by atoms with E-state index in [1.807, 2.05) is 15.6 Å². The first kappa shape index (κ1) is 18.6. The Balaban J connectivity index is 1.40. The molecule has 0 aromatic carbocycles. The van der Waals surface area contributed by atoms with Crippen LogP contribution in [0.15, 0.2) is 12.3 Å². The fraction of sp³-hybridized carbons (Fsp3) is 0.550. The molecule has 28 heavy (non-hydrogen) atoms. The molecule has 2 aliphatic rings. The van der Waals surface area contributed by atoms with Crippen LogP contribution in [0.5, 0.6) is 0 Å². The SMILES string of the molecule is Cc1ncc(C(=O)NCc2cc3n(n2)CCCN(C(=O)C2CCC2)C3)c(C)n1. The molecule has 0 saturated heterocycles. The average Bonchev–Trinajstić information content (AvgIpc) is 2.88. The van der Waals surface area contributed by atoms with Crippen molar-refractivity contribution in [2.24, 2.45) is 5.92 Å². The molecule has 1 aliphatic heterocycles. The van der Waals surface area contributed by atoms with E-state index >= 15 is 0 Å². The van der Waals surface area contributed by atoms with Crippen LogP contribution in [0.2, 0.25) is 0 Å². The first-order chi connectivity index (χ1) is 13.5. The van der Waals surface area contributed by atoms with Gasteiger partial charge in [0, 0.05) is 25.2 Å². The van der Waals surface area contributed by atoms with Crippen molar-refractivity contribution in [3.63, 3.8) is 0 Å². The van der Waals surface area contributed by atoms with Crippen LogP contribution in [-0.2, 0) is 24.4 Å². The van der Waals surface area contributed by atoms with Gasteiger partial charge in [0.05, 0.1) is 35.7 Å². The van der Waals surface area contributed by atoms with Crippen LogP contribution in [0.25, 0.3) is 0 Å². The van der Waals surface area contributed by atoms with Crippen molar-refractivity contribution in [1.82, 2.24) is 30.0 Å². The molecule has 2 aromatic rings. The summed E-state index contributed by atoms with van der Waals surface area (Å²) in [5.41, 5.74) is 2.97. The Kier molecular flexibility index (Phi) is 5.11. The van der Waals surface area contributed by atoms with E-state index in [9.17, 15) is 9.59 Å². The number of nitrogens with zero attached hydrogens (tertiary/aromatic N) is 5. The van der Waals surface area contributed by atoms with Crippen LogP contribution in [0.1, 0.15) is 58.9 Å². The van der Waals surface area contributed by atoms with Gasteiger partial charge in [0.2, 0.25) is 5.91 Å². The molecule has 1 saturated carbocycles. The molecule has 2 aromatic heterocycles. The van der Waals surface area contributed by atoms with Gasteiger partial charge in [-0.1, -0.05) is 6.42 Å². The molecule has 8 heteroatoms. The number of fused-ring (bicyclic) bond motifs is 1. The summed E-state index contributed by atoms with van der Waals surface area (Å²) in [5.74, 6) is 0.939. The molecule has 148 valence electrons. The summed E-state index contributed by atoms with van der Waals surface area (Å²) in [4.78, 5) is 35.3. The van der Waals surface area contributed by atoms with E-state index in [0.717, 1.165) is 50.2 Å². The van der Waals surface area contributed by atoms with Crippen LogP contribution in [0.3, 0.4) is 0 Å². The predicted octanol–water partition coefficient (Wildman–Crippen LogP) is 1.75. The number of hydrogen-bond donors (Lipinski definition) is 1. The van der Waals surface area contributed by atoms with Gasteiger partial charge in [0.1, 0.15) is 5.82 Å². The smallest absolute Gasteiger partial charge is 0.255 e. The highest BCUT2D eigenvalue weighted by molar-refractivity contribution is 5.94. The number of nitrogens with one attached hydrogen (secondary N) is 1. The van der Waals surface area contributed by atoms with Crippen molar-refractivity contribution in [3.8, 4) is 0 Å². The van der Waals surface area contributed by atoms with Crippen LogP contribution >= 0.6 is 0 Å². The van der Waals surface area contributed by atoms with Gasteiger partial charge in [0.15, 0.2) is 0 Å². The highest BCUT2D eigenvalue weighted by Gasteiger charge is 2.30. The largest absolute Gasteiger partial charge is 0.346 e. The summed E-state index contributed by atoms with van der Waals surface area (Å²) >= 11 is 0. The van der Waals surface area contributed by atoms with Crippen molar-refractivity contribution in [2.75, 3.05) is 6.54 Å².